The Morgan fingerprint density at radius 3 is 2.04 bits per heavy atom. The number of rotatable bonds is 11. The molecule has 0 saturated carbocycles. The first-order valence-electron chi connectivity index (χ1n) is 9.26. The Morgan fingerprint density at radius 1 is 0.917 bits per heavy atom. The summed E-state index contributed by atoms with van der Waals surface area (Å²) in [5.41, 5.74) is 1.51. The van der Waals surface area contributed by atoms with Gasteiger partial charge in [0.15, 0.2) is 11.9 Å². The molecule has 0 bridgehead atoms. The number of hydrogen-bond donors (Lipinski definition) is 0. The normalized spacial score (nSPS) is 11.0. The molecule has 0 aliphatic heterocycles. The fraction of sp³-hybridized carbons (Fsp3) is 0.737. The van der Waals surface area contributed by atoms with E-state index in [-0.39, 0.29) is 0 Å². The highest BCUT2D eigenvalue weighted by atomic mass is 32.2. The second kappa shape index (κ2) is 14.4. The maximum absolute atomic E-state index is 9.08. The van der Waals surface area contributed by atoms with Crippen LogP contribution in [0.4, 0.5) is 0 Å². The molecule has 140 valence electrons. The Bertz CT molecular complexity index is 507. The molecule has 0 fully saturated rings. The van der Waals surface area contributed by atoms with Gasteiger partial charge < -0.3 is 4.55 Å². The second-order valence-corrected chi connectivity index (χ2v) is 7.72. The molecule has 4 nitrogen and oxygen atoms in total. The van der Waals surface area contributed by atoms with E-state index in [9.17, 15) is 0 Å². The monoisotopic (exact) mass is 357 g/mol. The molecule has 0 saturated heterocycles. The third kappa shape index (κ3) is 15.9. The van der Waals surface area contributed by atoms with E-state index >= 15 is 0 Å². The van der Waals surface area contributed by atoms with Gasteiger partial charge in [0, 0.05) is 31.2 Å². The minimum Gasteiger partial charge on any atom is -0.748 e. The van der Waals surface area contributed by atoms with E-state index in [1.165, 1.54) is 76.4 Å². The molecule has 0 aliphatic rings. The van der Waals surface area contributed by atoms with Gasteiger partial charge in [0.2, 0.25) is 0 Å². The highest BCUT2D eigenvalue weighted by Gasteiger charge is 2.07. The van der Waals surface area contributed by atoms with Crippen molar-refractivity contribution in [3.05, 3.63) is 30.1 Å². The average molecular weight is 358 g/mol. The Balaban J connectivity index is 0.000000922. The fourth-order valence-corrected chi connectivity index (χ4v) is 2.55. The van der Waals surface area contributed by atoms with Crippen molar-refractivity contribution < 1.29 is 17.5 Å². The van der Waals surface area contributed by atoms with Crippen molar-refractivity contribution in [1.29, 1.82) is 0 Å². The number of aryl methyl sites for hydroxylation is 2. The van der Waals surface area contributed by atoms with Crippen LogP contribution in [0.5, 0.6) is 0 Å². The molecule has 1 rings (SSSR count). The molecule has 1 aromatic rings. The van der Waals surface area contributed by atoms with E-state index in [1.54, 1.807) is 0 Å². The van der Waals surface area contributed by atoms with Crippen LogP contribution < -0.4 is 4.57 Å². The molecule has 24 heavy (non-hydrogen) atoms. The van der Waals surface area contributed by atoms with Crippen LogP contribution in [-0.4, -0.2) is 19.2 Å². The summed E-state index contributed by atoms with van der Waals surface area (Å²) in [7, 11) is -3.92. The lowest BCUT2D eigenvalue weighted by Crippen LogP contribution is -2.37. The van der Waals surface area contributed by atoms with Gasteiger partial charge in [0.1, 0.15) is 6.54 Å². The predicted molar refractivity (Wildman–Crippen MR) is 98.9 cm³/mol. The molecular weight excluding hydrogens is 322 g/mol. The molecule has 0 aromatic carbocycles. The van der Waals surface area contributed by atoms with Crippen molar-refractivity contribution in [2.75, 3.05) is 6.26 Å². The first kappa shape index (κ1) is 23.1. The smallest absolute Gasteiger partial charge is 0.181 e. The van der Waals surface area contributed by atoms with E-state index in [2.05, 4.69) is 42.8 Å². The van der Waals surface area contributed by atoms with Crippen LogP contribution in [0.1, 0.15) is 77.3 Å². The molecular formula is C19H35NO3S. The summed E-state index contributed by atoms with van der Waals surface area (Å²) in [4.78, 5) is 0. The van der Waals surface area contributed by atoms with Crippen molar-refractivity contribution >= 4 is 10.1 Å². The molecule has 5 heteroatoms. The van der Waals surface area contributed by atoms with Gasteiger partial charge in [-0.05, 0) is 12.8 Å². The van der Waals surface area contributed by atoms with Crippen LogP contribution in [0.2, 0.25) is 0 Å². The molecule has 0 amide bonds. The van der Waals surface area contributed by atoms with Gasteiger partial charge in [-0.15, -0.1) is 0 Å². The Labute approximate surface area is 149 Å². The Hall–Kier alpha value is -0.940. The van der Waals surface area contributed by atoms with Crippen LogP contribution in [0, 0.1) is 0 Å². The van der Waals surface area contributed by atoms with E-state index in [0.717, 1.165) is 0 Å². The molecule has 0 aliphatic carbocycles. The van der Waals surface area contributed by atoms with Crippen LogP contribution in [-0.2, 0) is 23.1 Å². The largest absolute Gasteiger partial charge is 0.748 e. The van der Waals surface area contributed by atoms with E-state index in [1.807, 2.05) is 0 Å². The van der Waals surface area contributed by atoms with Gasteiger partial charge in [-0.2, -0.15) is 0 Å². The first-order valence-corrected chi connectivity index (χ1v) is 11.1. The van der Waals surface area contributed by atoms with E-state index in [4.69, 9.17) is 13.0 Å². The minimum absolute atomic E-state index is 0.604. The highest BCUT2D eigenvalue weighted by Crippen LogP contribution is 2.07. The predicted octanol–water partition coefficient (Wildman–Crippen LogP) is 4.23. The van der Waals surface area contributed by atoms with Crippen molar-refractivity contribution in [3.8, 4) is 0 Å². The lowest BCUT2D eigenvalue weighted by atomic mass is 10.1. The zero-order valence-electron chi connectivity index (χ0n) is 15.7. The number of hydrogen-bond acceptors (Lipinski definition) is 3. The summed E-state index contributed by atoms with van der Waals surface area (Å²) in [6.45, 7) is 5.75. The third-order valence-corrected chi connectivity index (χ3v) is 3.82. The number of aromatic nitrogens is 1. The van der Waals surface area contributed by atoms with Gasteiger partial charge in [-0.1, -0.05) is 58.4 Å². The van der Waals surface area contributed by atoms with Gasteiger partial charge in [0.25, 0.3) is 0 Å². The topological polar surface area (TPSA) is 61.1 Å². The zero-order valence-corrected chi connectivity index (χ0v) is 16.5. The van der Waals surface area contributed by atoms with Crippen LogP contribution in [0.3, 0.4) is 0 Å². The number of pyridine rings is 1. The van der Waals surface area contributed by atoms with Crippen LogP contribution in [0.15, 0.2) is 24.4 Å². The summed E-state index contributed by atoms with van der Waals surface area (Å²) in [5.74, 6) is 0. The SMILES string of the molecule is CCCCCCCCC[n+]1ccccc1CCCC.CS(=O)(=O)[O-]. The molecule has 0 unspecified atom stereocenters. The minimum atomic E-state index is -3.92. The maximum atomic E-state index is 9.08. The van der Waals surface area contributed by atoms with Crippen LogP contribution >= 0.6 is 0 Å². The first-order chi connectivity index (χ1) is 11.4. The third-order valence-electron chi connectivity index (χ3n) is 3.82. The zero-order chi connectivity index (χ0) is 18.3. The Morgan fingerprint density at radius 2 is 1.46 bits per heavy atom. The summed E-state index contributed by atoms with van der Waals surface area (Å²) in [6, 6.07) is 6.62. The van der Waals surface area contributed by atoms with Gasteiger partial charge in [-0.25, -0.2) is 13.0 Å². The summed E-state index contributed by atoms with van der Waals surface area (Å²) < 4.78 is 29.7. The molecule has 0 radical (unpaired) electrons. The molecule has 1 heterocycles. The van der Waals surface area contributed by atoms with Crippen molar-refractivity contribution in [2.45, 2.75) is 84.6 Å². The second-order valence-electron chi connectivity index (χ2n) is 6.31. The average Bonchev–Trinajstić information content (AvgIpc) is 2.51. The summed E-state index contributed by atoms with van der Waals surface area (Å²) in [6.07, 6.45) is 16.4. The molecule has 0 N–H and O–H groups in total. The molecule has 0 spiro atoms. The molecule has 1 aromatic heterocycles. The van der Waals surface area contributed by atoms with E-state index in [0.29, 0.717) is 6.26 Å². The lowest BCUT2D eigenvalue weighted by molar-refractivity contribution is -0.704. The molecule has 0 atom stereocenters. The number of unbranched alkanes of at least 4 members (excludes halogenated alkanes) is 7. The lowest BCUT2D eigenvalue weighted by Gasteiger charge is -2.04. The Kier molecular flexibility index (Phi) is 13.8. The maximum Gasteiger partial charge on any atom is 0.181 e. The fourth-order valence-electron chi connectivity index (χ4n) is 2.55. The van der Waals surface area contributed by atoms with Gasteiger partial charge in [-0.3, -0.25) is 0 Å². The highest BCUT2D eigenvalue weighted by molar-refractivity contribution is 7.84. The van der Waals surface area contributed by atoms with Crippen molar-refractivity contribution in [1.82, 2.24) is 0 Å². The van der Waals surface area contributed by atoms with Gasteiger partial charge in [0.05, 0.1) is 10.1 Å². The quantitative estimate of drug-likeness (QED) is 0.338. The summed E-state index contributed by atoms with van der Waals surface area (Å²) in [5, 5.41) is 0. The standard InChI is InChI=1S/C18H32N.CH4O3S/c1-3-5-7-8-9-10-12-16-19-17-13-11-15-18(19)14-6-4-2;1-5(2,3)4/h11,13,15,17H,3-10,12,14,16H2,1-2H3;1H3,(H,2,3,4)/q+1;/p-1. The van der Waals surface area contributed by atoms with Gasteiger partial charge >= 0.3 is 0 Å². The number of nitrogens with zero attached hydrogens (tertiary/aromatic N) is 1. The van der Waals surface area contributed by atoms with Crippen molar-refractivity contribution in [2.24, 2.45) is 0 Å². The van der Waals surface area contributed by atoms with E-state index < -0.39 is 10.1 Å². The van der Waals surface area contributed by atoms with Crippen molar-refractivity contribution in [3.63, 3.8) is 0 Å². The summed E-state index contributed by atoms with van der Waals surface area (Å²) >= 11 is 0. The van der Waals surface area contributed by atoms with Crippen LogP contribution in [0.25, 0.3) is 0 Å².